The lowest BCUT2D eigenvalue weighted by Crippen LogP contribution is -2.25. The van der Waals surface area contributed by atoms with Gasteiger partial charge < -0.3 is 0 Å². The fraction of sp³-hybridized carbons (Fsp3) is 0.192. The number of pyridine rings is 1. The topological polar surface area (TPSA) is 94.3 Å². The van der Waals surface area contributed by atoms with E-state index in [1.54, 1.807) is 39.7 Å². The summed E-state index contributed by atoms with van der Waals surface area (Å²) in [5.41, 5.74) is 4.99. The van der Waals surface area contributed by atoms with E-state index in [2.05, 4.69) is 32.5 Å². The van der Waals surface area contributed by atoms with Gasteiger partial charge in [-0.25, -0.2) is 9.89 Å². The lowest BCUT2D eigenvalue weighted by Gasteiger charge is -2.10. The van der Waals surface area contributed by atoms with Crippen molar-refractivity contribution in [3.05, 3.63) is 98.9 Å². The molecule has 182 valence electrons. The summed E-state index contributed by atoms with van der Waals surface area (Å²) < 4.78 is 3.34. The van der Waals surface area contributed by atoms with Gasteiger partial charge in [0.05, 0.1) is 22.3 Å². The zero-order valence-corrected chi connectivity index (χ0v) is 21.0. The summed E-state index contributed by atoms with van der Waals surface area (Å²) in [6.07, 6.45) is 8.12. The van der Waals surface area contributed by atoms with Crippen LogP contribution in [-0.4, -0.2) is 34.7 Å². The molecule has 0 aliphatic carbocycles. The van der Waals surface area contributed by atoms with Crippen LogP contribution >= 0.6 is 23.2 Å². The SMILES string of the molecule is CCCCc1cn(-c2c(Cl)cccc2Cl)c(=O)n1Cc1ccc(-c2cnccc2-c2nnn[nH]2)cc1. The minimum Gasteiger partial charge on any atom is -0.292 e. The number of rotatable bonds is 8. The molecule has 0 unspecified atom stereocenters. The first kappa shape index (κ1) is 24.0. The van der Waals surface area contributed by atoms with E-state index in [0.717, 1.165) is 47.2 Å². The van der Waals surface area contributed by atoms with Crippen LogP contribution in [0.5, 0.6) is 0 Å². The first-order valence-electron chi connectivity index (χ1n) is 11.6. The van der Waals surface area contributed by atoms with Crippen LogP contribution in [0.25, 0.3) is 28.2 Å². The Morgan fingerprint density at radius 2 is 1.78 bits per heavy atom. The number of aromatic amines is 1. The van der Waals surface area contributed by atoms with Crippen LogP contribution in [-0.2, 0) is 13.0 Å². The third-order valence-electron chi connectivity index (χ3n) is 6.05. The molecule has 2 aromatic carbocycles. The molecule has 0 saturated heterocycles. The summed E-state index contributed by atoms with van der Waals surface area (Å²) >= 11 is 12.8. The van der Waals surface area contributed by atoms with Gasteiger partial charge in [-0.3, -0.25) is 14.1 Å². The van der Waals surface area contributed by atoms with Crippen LogP contribution in [0.15, 0.2) is 71.9 Å². The highest BCUT2D eigenvalue weighted by atomic mass is 35.5. The molecule has 0 amide bonds. The molecule has 1 N–H and O–H groups in total. The van der Waals surface area contributed by atoms with E-state index in [0.29, 0.717) is 28.1 Å². The molecule has 3 heterocycles. The molecule has 5 rings (SSSR count). The normalized spacial score (nSPS) is 11.2. The number of nitrogens with zero attached hydrogens (tertiary/aromatic N) is 6. The van der Waals surface area contributed by atoms with Crippen molar-refractivity contribution in [1.82, 2.24) is 34.7 Å². The Hall–Kier alpha value is -3.75. The zero-order valence-electron chi connectivity index (χ0n) is 19.5. The van der Waals surface area contributed by atoms with Gasteiger partial charge in [-0.2, -0.15) is 0 Å². The van der Waals surface area contributed by atoms with Crippen LogP contribution in [0.1, 0.15) is 31.0 Å². The highest BCUT2D eigenvalue weighted by Gasteiger charge is 2.17. The van der Waals surface area contributed by atoms with Crippen molar-refractivity contribution in [2.75, 3.05) is 0 Å². The summed E-state index contributed by atoms with van der Waals surface area (Å²) in [6.45, 7) is 2.56. The van der Waals surface area contributed by atoms with E-state index < -0.39 is 0 Å². The molecule has 10 heteroatoms. The first-order valence-corrected chi connectivity index (χ1v) is 12.3. The monoisotopic (exact) mass is 519 g/mol. The fourth-order valence-corrected chi connectivity index (χ4v) is 4.79. The van der Waals surface area contributed by atoms with Gasteiger partial charge in [0.1, 0.15) is 0 Å². The number of nitrogens with one attached hydrogen (secondary N) is 1. The van der Waals surface area contributed by atoms with Crippen molar-refractivity contribution < 1.29 is 0 Å². The maximum atomic E-state index is 13.5. The molecule has 0 radical (unpaired) electrons. The third-order valence-corrected chi connectivity index (χ3v) is 6.66. The van der Waals surface area contributed by atoms with Gasteiger partial charge >= 0.3 is 5.69 Å². The maximum Gasteiger partial charge on any atom is 0.333 e. The van der Waals surface area contributed by atoms with E-state index in [-0.39, 0.29) is 5.69 Å². The Morgan fingerprint density at radius 1 is 1.00 bits per heavy atom. The molecular weight excluding hydrogens is 497 g/mol. The molecule has 0 fully saturated rings. The predicted octanol–water partition coefficient (Wildman–Crippen LogP) is 5.58. The van der Waals surface area contributed by atoms with Crippen LogP contribution in [0, 0.1) is 0 Å². The van der Waals surface area contributed by atoms with Crippen molar-refractivity contribution in [1.29, 1.82) is 0 Å². The lowest BCUT2D eigenvalue weighted by atomic mass is 10.0. The number of benzene rings is 2. The summed E-state index contributed by atoms with van der Waals surface area (Å²) in [5, 5.41) is 15.0. The van der Waals surface area contributed by atoms with Crippen molar-refractivity contribution in [2.24, 2.45) is 0 Å². The Morgan fingerprint density at radius 3 is 2.47 bits per heavy atom. The Balaban J connectivity index is 1.49. The molecule has 0 saturated carbocycles. The van der Waals surface area contributed by atoms with Gasteiger partial charge in [-0.15, -0.1) is 5.10 Å². The lowest BCUT2D eigenvalue weighted by molar-refractivity contribution is 0.674. The number of imidazole rings is 1. The van der Waals surface area contributed by atoms with Crippen molar-refractivity contribution in [2.45, 2.75) is 32.7 Å². The summed E-state index contributed by atoms with van der Waals surface area (Å²) in [4.78, 5) is 17.8. The van der Waals surface area contributed by atoms with E-state index in [1.807, 2.05) is 36.5 Å². The van der Waals surface area contributed by atoms with Gasteiger partial charge in [0.25, 0.3) is 0 Å². The minimum atomic E-state index is -0.174. The van der Waals surface area contributed by atoms with Crippen molar-refractivity contribution in [3.8, 4) is 28.2 Å². The van der Waals surface area contributed by atoms with E-state index in [9.17, 15) is 4.79 Å². The number of aryl methyl sites for hydroxylation is 1. The van der Waals surface area contributed by atoms with Crippen LogP contribution in [0.2, 0.25) is 10.0 Å². The molecule has 0 bridgehead atoms. The largest absolute Gasteiger partial charge is 0.333 e. The first-order chi connectivity index (χ1) is 17.6. The standard InChI is InChI=1S/C26H23Cl2N7O/c1-2-3-5-19-16-35(24-22(27)6-4-7-23(24)28)26(36)34(19)15-17-8-10-18(11-9-17)21-14-29-13-12-20(21)25-30-32-33-31-25/h4,6-14,16H,2-3,5,15H2,1H3,(H,30,31,32,33). The number of halogens is 2. The number of unbranched alkanes of at least 4 members (excludes halogenated alkanes) is 1. The second-order valence-electron chi connectivity index (χ2n) is 8.40. The number of H-pyrrole nitrogens is 1. The molecule has 36 heavy (non-hydrogen) atoms. The predicted molar refractivity (Wildman–Crippen MR) is 141 cm³/mol. The highest BCUT2D eigenvalue weighted by molar-refractivity contribution is 6.37. The number of para-hydroxylation sites is 1. The Kier molecular flexibility index (Phi) is 6.97. The van der Waals surface area contributed by atoms with Gasteiger partial charge in [0, 0.05) is 35.4 Å². The van der Waals surface area contributed by atoms with Gasteiger partial charge in [0.15, 0.2) is 5.82 Å². The highest BCUT2D eigenvalue weighted by Crippen LogP contribution is 2.30. The molecule has 5 aromatic rings. The Bertz CT molecular complexity index is 1520. The number of tetrazole rings is 1. The number of hydrogen-bond donors (Lipinski definition) is 1. The van der Waals surface area contributed by atoms with E-state index in [1.165, 1.54) is 0 Å². The number of hydrogen-bond acceptors (Lipinski definition) is 5. The molecule has 0 spiro atoms. The van der Waals surface area contributed by atoms with Gasteiger partial charge in [-0.1, -0.05) is 66.9 Å². The molecule has 3 aromatic heterocycles. The van der Waals surface area contributed by atoms with Crippen molar-refractivity contribution >= 4 is 23.2 Å². The second-order valence-corrected chi connectivity index (χ2v) is 9.22. The molecule has 0 aliphatic rings. The van der Waals surface area contributed by atoms with Gasteiger partial charge in [-0.05, 0) is 52.6 Å². The summed E-state index contributed by atoms with van der Waals surface area (Å²) in [6, 6.07) is 15.2. The minimum absolute atomic E-state index is 0.174. The Labute approximate surface area is 217 Å². The van der Waals surface area contributed by atoms with Crippen LogP contribution in [0.3, 0.4) is 0 Å². The number of aromatic nitrogens is 7. The van der Waals surface area contributed by atoms with E-state index >= 15 is 0 Å². The zero-order chi connectivity index (χ0) is 25.1. The quantitative estimate of drug-likeness (QED) is 0.288. The smallest absolute Gasteiger partial charge is 0.292 e. The van der Waals surface area contributed by atoms with Crippen LogP contribution < -0.4 is 5.69 Å². The maximum absolute atomic E-state index is 13.5. The second kappa shape index (κ2) is 10.5. The average Bonchev–Trinajstić information content (AvgIpc) is 3.53. The van der Waals surface area contributed by atoms with Crippen LogP contribution in [0.4, 0.5) is 0 Å². The molecular formula is C26H23Cl2N7O. The van der Waals surface area contributed by atoms with E-state index in [4.69, 9.17) is 23.2 Å². The molecule has 0 aliphatic heterocycles. The third kappa shape index (κ3) is 4.69. The summed E-state index contributed by atoms with van der Waals surface area (Å²) in [7, 11) is 0. The molecule has 8 nitrogen and oxygen atoms in total. The van der Waals surface area contributed by atoms with Gasteiger partial charge in [0.2, 0.25) is 0 Å². The molecule has 0 atom stereocenters. The summed E-state index contributed by atoms with van der Waals surface area (Å²) in [5.74, 6) is 0.572. The van der Waals surface area contributed by atoms with Crippen molar-refractivity contribution in [3.63, 3.8) is 0 Å². The average molecular weight is 520 g/mol. The fourth-order valence-electron chi connectivity index (χ4n) is 4.21.